The van der Waals surface area contributed by atoms with Crippen LogP contribution in [0.5, 0.6) is 5.75 Å². The zero-order chi connectivity index (χ0) is 11.3. The van der Waals surface area contributed by atoms with Gasteiger partial charge in [0, 0.05) is 12.0 Å². The summed E-state index contributed by atoms with van der Waals surface area (Å²) in [6, 6.07) is 5.57. The third-order valence-electron chi connectivity index (χ3n) is 3.33. The Morgan fingerprint density at radius 2 is 2.12 bits per heavy atom. The van der Waals surface area contributed by atoms with E-state index in [-0.39, 0.29) is 18.2 Å². The molecule has 0 aromatic heterocycles. The molecule has 0 fully saturated rings. The average Bonchev–Trinajstić information content (AvgIpc) is 2.58. The van der Waals surface area contributed by atoms with Crippen LogP contribution in [0.3, 0.4) is 0 Å². The second kappa shape index (κ2) is 3.24. The van der Waals surface area contributed by atoms with Gasteiger partial charge in [0.15, 0.2) is 0 Å². The first-order chi connectivity index (χ1) is 7.66. The summed E-state index contributed by atoms with van der Waals surface area (Å²) in [5, 5.41) is 0. The number of carbonyl (C=O) groups is 1. The Labute approximate surface area is 94.4 Å². The predicted octanol–water partition coefficient (Wildman–Crippen LogP) is 2.71. The van der Waals surface area contributed by atoms with Crippen molar-refractivity contribution in [3.63, 3.8) is 0 Å². The Kier molecular flexibility index (Phi) is 1.96. The molecule has 2 aliphatic rings. The number of hydrogen-bond donors (Lipinski definition) is 0. The highest BCUT2D eigenvalue weighted by Crippen LogP contribution is 2.45. The lowest BCUT2D eigenvalue weighted by molar-refractivity contribution is 0.0113. The Hall–Kier alpha value is -1.51. The van der Waals surface area contributed by atoms with Gasteiger partial charge in [0.2, 0.25) is 0 Å². The zero-order valence-electron chi connectivity index (χ0n) is 9.40. The maximum atomic E-state index is 11.6. The van der Waals surface area contributed by atoms with Crippen LogP contribution in [0.25, 0.3) is 0 Å². The molecule has 84 valence electrons. The predicted molar refractivity (Wildman–Crippen MR) is 58.5 cm³/mol. The summed E-state index contributed by atoms with van der Waals surface area (Å²) in [6.07, 6.45) is 0.812. The normalized spacial score (nSPS) is 26.3. The highest BCUT2D eigenvalue weighted by atomic mass is 16.6. The molecule has 2 unspecified atom stereocenters. The Morgan fingerprint density at radius 1 is 1.31 bits per heavy atom. The molecule has 0 saturated carbocycles. The quantitative estimate of drug-likeness (QED) is 0.680. The largest absolute Gasteiger partial charge is 0.490 e. The molecule has 3 rings (SSSR count). The van der Waals surface area contributed by atoms with Gasteiger partial charge in [-0.15, -0.1) is 0 Å². The number of hydrogen-bond acceptors (Lipinski definition) is 3. The molecule has 0 saturated heterocycles. The van der Waals surface area contributed by atoms with E-state index in [9.17, 15) is 4.79 Å². The van der Waals surface area contributed by atoms with Gasteiger partial charge < -0.3 is 9.47 Å². The van der Waals surface area contributed by atoms with E-state index < -0.39 is 0 Å². The minimum Gasteiger partial charge on any atom is -0.490 e. The molecule has 16 heavy (non-hydrogen) atoms. The molecule has 2 atom stereocenters. The maximum Gasteiger partial charge on any atom is 0.339 e. The van der Waals surface area contributed by atoms with Crippen LogP contribution in [0.2, 0.25) is 0 Å². The summed E-state index contributed by atoms with van der Waals surface area (Å²) in [5.41, 5.74) is 1.62. The molecule has 1 aromatic rings. The summed E-state index contributed by atoms with van der Waals surface area (Å²) in [4.78, 5) is 11.6. The molecule has 3 nitrogen and oxygen atoms in total. The van der Waals surface area contributed by atoms with Gasteiger partial charge in [-0.1, -0.05) is 19.9 Å². The first-order valence-electron chi connectivity index (χ1n) is 5.67. The number of benzene rings is 1. The smallest absolute Gasteiger partial charge is 0.339 e. The van der Waals surface area contributed by atoms with Crippen LogP contribution in [0, 0.1) is 5.92 Å². The first kappa shape index (κ1) is 9.70. The van der Waals surface area contributed by atoms with Crippen molar-refractivity contribution in [2.75, 3.05) is 0 Å². The molecule has 0 amide bonds. The van der Waals surface area contributed by atoms with Crippen LogP contribution in [-0.4, -0.2) is 12.1 Å². The fourth-order valence-electron chi connectivity index (χ4n) is 2.40. The van der Waals surface area contributed by atoms with Crippen LogP contribution >= 0.6 is 0 Å². The molecule has 1 aromatic carbocycles. The van der Waals surface area contributed by atoms with Crippen molar-refractivity contribution in [3.05, 3.63) is 29.3 Å². The van der Waals surface area contributed by atoms with Crippen LogP contribution < -0.4 is 4.74 Å². The van der Waals surface area contributed by atoms with Crippen LogP contribution in [0.1, 0.15) is 42.3 Å². The van der Waals surface area contributed by atoms with E-state index in [1.165, 1.54) is 0 Å². The van der Waals surface area contributed by atoms with Crippen molar-refractivity contribution in [1.82, 2.24) is 0 Å². The van der Waals surface area contributed by atoms with Crippen LogP contribution in [0.15, 0.2) is 18.2 Å². The third kappa shape index (κ3) is 1.24. The van der Waals surface area contributed by atoms with Gasteiger partial charge in [-0.05, 0) is 18.1 Å². The lowest BCUT2D eigenvalue weighted by Crippen LogP contribution is -2.29. The van der Waals surface area contributed by atoms with Crippen LogP contribution in [-0.2, 0) is 4.74 Å². The molecule has 0 N–H and O–H groups in total. The highest BCUT2D eigenvalue weighted by molar-refractivity contribution is 5.95. The molecule has 2 heterocycles. The maximum absolute atomic E-state index is 11.6. The molecule has 0 bridgehead atoms. The fourth-order valence-corrected chi connectivity index (χ4v) is 2.40. The second-order valence-electron chi connectivity index (χ2n) is 4.75. The van der Waals surface area contributed by atoms with E-state index in [2.05, 4.69) is 13.8 Å². The van der Waals surface area contributed by atoms with Gasteiger partial charge in [-0.3, -0.25) is 0 Å². The van der Waals surface area contributed by atoms with Crippen molar-refractivity contribution >= 4 is 5.97 Å². The molecule has 0 aliphatic carbocycles. The minimum absolute atomic E-state index is 0.0974. The zero-order valence-corrected chi connectivity index (χ0v) is 9.40. The SMILES string of the molecule is CC(C)C1CC2OC(=O)c3cccc(c32)O1. The fraction of sp³-hybridized carbons (Fsp3) is 0.462. The van der Waals surface area contributed by atoms with Crippen molar-refractivity contribution < 1.29 is 14.3 Å². The monoisotopic (exact) mass is 218 g/mol. The van der Waals surface area contributed by atoms with Gasteiger partial charge in [0.25, 0.3) is 0 Å². The Balaban J connectivity index is 2.07. The van der Waals surface area contributed by atoms with Crippen molar-refractivity contribution in [3.8, 4) is 5.75 Å². The lowest BCUT2D eigenvalue weighted by Gasteiger charge is -2.31. The standard InChI is InChI=1S/C13H14O3/c1-7(2)10-6-11-12-8(13(14)16-11)4-3-5-9(12)15-10/h3-5,7,10-11H,6H2,1-2H3. The van der Waals surface area contributed by atoms with Gasteiger partial charge in [-0.2, -0.15) is 0 Å². The molecule has 3 heteroatoms. The minimum atomic E-state index is -0.213. The first-order valence-corrected chi connectivity index (χ1v) is 5.67. The van der Waals surface area contributed by atoms with E-state index in [0.717, 1.165) is 17.7 Å². The van der Waals surface area contributed by atoms with Gasteiger partial charge >= 0.3 is 5.97 Å². The molecule has 2 aliphatic heterocycles. The number of rotatable bonds is 1. The second-order valence-corrected chi connectivity index (χ2v) is 4.75. The van der Waals surface area contributed by atoms with E-state index in [0.29, 0.717) is 11.5 Å². The molecule has 0 spiro atoms. The highest BCUT2D eigenvalue weighted by Gasteiger charge is 2.40. The van der Waals surface area contributed by atoms with Crippen molar-refractivity contribution in [2.24, 2.45) is 5.92 Å². The van der Waals surface area contributed by atoms with Gasteiger partial charge in [-0.25, -0.2) is 4.79 Å². The van der Waals surface area contributed by atoms with Gasteiger partial charge in [0.1, 0.15) is 18.0 Å². The Bertz CT molecular complexity index is 450. The average molecular weight is 218 g/mol. The number of carbonyl (C=O) groups excluding carboxylic acids is 1. The van der Waals surface area contributed by atoms with Gasteiger partial charge in [0.05, 0.1) is 5.56 Å². The Morgan fingerprint density at radius 3 is 2.88 bits per heavy atom. The number of esters is 1. The van der Waals surface area contributed by atoms with Crippen molar-refractivity contribution in [2.45, 2.75) is 32.5 Å². The van der Waals surface area contributed by atoms with Crippen molar-refractivity contribution in [1.29, 1.82) is 0 Å². The summed E-state index contributed by atoms with van der Waals surface area (Å²) in [5.74, 6) is 1.03. The summed E-state index contributed by atoms with van der Waals surface area (Å²) in [6.45, 7) is 4.24. The van der Waals surface area contributed by atoms with E-state index in [1.807, 2.05) is 12.1 Å². The summed E-state index contributed by atoms with van der Waals surface area (Å²) in [7, 11) is 0. The molecular weight excluding hydrogens is 204 g/mol. The van der Waals surface area contributed by atoms with E-state index >= 15 is 0 Å². The lowest BCUT2D eigenvalue weighted by atomic mass is 9.92. The topological polar surface area (TPSA) is 35.5 Å². The summed E-state index contributed by atoms with van der Waals surface area (Å²) >= 11 is 0. The summed E-state index contributed by atoms with van der Waals surface area (Å²) < 4.78 is 11.3. The molecule has 0 radical (unpaired) electrons. The van der Waals surface area contributed by atoms with Crippen LogP contribution in [0.4, 0.5) is 0 Å². The van der Waals surface area contributed by atoms with E-state index in [4.69, 9.17) is 9.47 Å². The number of ether oxygens (including phenoxy) is 2. The van der Waals surface area contributed by atoms with E-state index in [1.54, 1.807) is 6.07 Å². The third-order valence-corrected chi connectivity index (χ3v) is 3.33. The molecular formula is C13H14O3.